The van der Waals surface area contributed by atoms with Crippen molar-refractivity contribution in [2.75, 3.05) is 0 Å². The van der Waals surface area contributed by atoms with Crippen LogP contribution in [-0.2, 0) is 33.6 Å². The van der Waals surface area contributed by atoms with Crippen molar-refractivity contribution in [3.05, 3.63) is 0 Å². The molecule has 0 heterocycles. The van der Waals surface area contributed by atoms with E-state index in [1.165, 1.54) is 0 Å². The van der Waals surface area contributed by atoms with Crippen molar-refractivity contribution in [3.63, 3.8) is 0 Å². The fourth-order valence-electron chi connectivity index (χ4n) is 0. The molecule has 0 aliphatic heterocycles. The van der Waals surface area contributed by atoms with Gasteiger partial charge in [0.25, 0.3) is 0 Å². The Balaban J connectivity index is 0. The van der Waals surface area contributed by atoms with Gasteiger partial charge in [-0.25, -0.2) is 0 Å². The Kier molecular flexibility index (Phi) is 233. The molecule has 31 valence electrons. The third-order valence-electron chi connectivity index (χ3n) is 0. The minimum atomic E-state index is 0. The number of hydrogen-bond donors (Lipinski definition) is 0. The first-order valence-electron chi connectivity index (χ1n) is 0. The van der Waals surface area contributed by atoms with Gasteiger partial charge in [0.1, 0.15) is 0 Å². The van der Waals surface area contributed by atoms with Crippen molar-refractivity contribution in [2.24, 2.45) is 0 Å². The zero-order valence-electron chi connectivity index (χ0n) is 2.06. The minimum Gasteiger partial charge on any atom is -0.870 e. The topological polar surface area (TPSA) is 30.0 Å². The van der Waals surface area contributed by atoms with Crippen LogP contribution < -0.4 is 0 Å². The minimum absolute atomic E-state index is 0. The zero-order chi connectivity index (χ0) is 0. The predicted octanol–water partition coefficient (Wildman–Crippen LogP) is -0.830. The van der Waals surface area contributed by atoms with Crippen LogP contribution in [0.1, 0.15) is 0 Å². The molecule has 0 saturated heterocycles. The van der Waals surface area contributed by atoms with E-state index in [9.17, 15) is 0 Å². The van der Waals surface area contributed by atoms with Crippen molar-refractivity contribution in [2.45, 2.75) is 0 Å². The van der Waals surface area contributed by atoms with Gasteiger partial charge in [-0.3, -0.25) is 0 Å². The molecule has 0 atom stereocenters. The Hall–Kier alpha value is 1.74. The summed E-state index contributed by atoms with van der Waals surface area (Å²) in [6.07, 6.45) is 0. The monoisotopic (exact) mass is 163 g/mol. The van der Waals surface area contributed by atoms with Crippen molar-refractivity contribution < 1.29 is 39.0 Å². The molecule has 1 N–H and O–H groups in total. The van der Waals surface area contributed by atoms with Crippen LogP contribution in [0.25, 0.3) is 0 Å². The molecule has 0 saturated carbocycles. The maximum atomic E-state index is 0. The van der Waals surface area contributed by atoms with E-state index in [-0.39, 0.29) is 62.1 Å². The van der Waals surface area contributed by atoms with Crippen molar-refractivity contribution in [3.8, 4) is 0 Å². The van der Waals surface area contributed by atoms with E-state index in [1.54, 1.807) is 0 Å². The standard InChI is InChI=1S/Cu.Mg.Ni.H2O.H/h;;;1H2;/q;+1;;;/p-1. The molecule has 0 spiro atoms. The second-order valence-electron chi connectivity index (χ2n) is 0. The molecule has 4 heteroatoms. The zero-order valence-corrected chi connectivity index (χ0v) is 5.99. The Bertz CT molecular complexity index is 8.00. The predicted molar refractivity (Wildman–Crippen MR) is 9.08 cm³/mol. The summed E-state index contributed by atoms with van der Waals surface area (Å²) in [6, 6.07) is 0. The van der Waals surface area contributed by atoms with E-state index < -0.39 is 0 Å². The SMILES string of the molecule is [Cu].[MgH+].[Ni].[OH-]. The van der Waals surface area contributed by atoms with Gasteiger partial charge in [0.05, 0.1) is 0 Å². The van der Waals surface area contributed by atoms with Gasteiger partial charge >= 0.3 is 23.1 Å². The molecule has 0 fully saturated rings. The van der Waals surface area contributed by atoms with Crippen LogP contribution in [0.2, 0.25) is 0 Å². The third kappa shape index (κ3) is 9.28. The molecule has 0 bridgehead atoms. The Morgan fingerprint density at radius 1 is 1.00 bits per heavy atom. The van der Waals surface area contributed by atoms with E-state index in [4.69, 9.17) is 0 Å². The average molecular weight is 165 g/mol. The molecule has 1 nitrogen and oxygen atoms in total. The average Bonchev–Trinajstić information content (AvgIpc) is 0. The van der Waals surface area contributed by atoms with E-state index >= 15 is 0 Å². The molecule has 0 rings (SSSR count). The molecule has 0 aromatic carbocycles. The Morgan fingerprint density at radius 3 is 1.00 bits per heavy atom. The summed E-state index contributed by atoms with van der Waals surface area (Å²) in [5.41, 5.74) is 0. The fourth-order valence-corrected chi connectivity index (χ4v) is 0. The van der Waals surface area contributed by atoms with Crippen LogP contribution in [0.15, 0.2) is 0 Å². The molecular formula is H2CuMgNiO. The maximum absolute atomic E-state index is 0. The van der Waals surface area contributed by atoms with Crippen LogP contribution >= 0.6 is 0 Å². The summed E-state index contributed by atoms with van der Waals surface area (Å²) in [6.45, 7) is 0. The van der Waals surface area contributed by atoms with Gasteiger partial charge in [0.15, 0.2) is 0 Å². The molecule has 0 aliphatic rings. The summed E-state index contributed by atoms with van der Waals surface area (Å²) >= 11 is 0. The van der Waals surface area contributed by atoms with E-state index in [0.717, 1.165) is 0 Å². The first-order valence-corrected chi connectivity index (χ1v) is 0. The maximum Gasteiger partial charge on any atom is 0 e. The molecule has 0 aromatic rings. The van der Waals surface area contributed by atoms with E-state index in [2.05, 4.69) is 0 Å². The molecular weight excluding hydrogens is 163 g/mol. The Morgan fingerprint density at radius 2 is 1.00 bits per heavy atom. The molecule has 0 amide bonds. The largest absolute Gasteiger partial charge is 0.870 e. The van der Waals surface area contributed by atoms with Crippen molar-refractivity contribution in [1.29, 1.82) is 0 Å². The van der Waals surface area contributed by atoms with Crippen LogP contribution in [0.5, 0.6) is 0 Å². The second kappa shape index (κ2) is 21.9. The summed E-state index contributed by atoms with van der Waals surface area (Å²) in [4.78, 5) is 0. The molecule has 0 unspecified atom stereocenters. The van der Waals surface area contributed by atoms with Crippen LogP contribution in [0, 0.1) is 0 Å². The van der Waals surface area contributed by atoms with Crippen molar-refractivity contribution in [1.82, 2.24) is 0 Å². The first kappa shape index (κ1) is 42.6. The number of rotatable bonds is 0. The van der Waals surface area contributed by atoms with Gasteiger partial charge in [-0.05, 0) is 0 Å². The van der Waals surface area contributed by atoms with Gasteiger partial charge in [-0.1, -0.05) is 0 Å². The summed E-state index contributed by atoms with van der Waals surface area (Å²) in [5, 5.41) is 0. The smallest absolute Gasteiger partial charge is 0 e. The summed E-state index contributed by atoms with van der Waals surface area (Å²) < 4.78 is 0. The van der Waals surface area contributed by atoms with Crippen LogP contribution in [0.3, 0.4) is 0 Å². The Labute approximate surface area is 61.8 Å². The van der Waals surface area contributed by atoms with Gasteiger partial charge in [-0.15, -0.1) is 0 Å². The van der Waals surface area contributed by atoms with Crippen LogP contribution in [-0.4, -0.2) is 28.5 Å². The second-order valence-corrected chi connectivity index (χ2v) is 0. The van der Waals surface area contributed by atoms with E-state index in [1.807, 2.05) is 0 Å². The summed E-state index contributed by atoms with van der Waals surface area (Å²) in [7, 11) is 0. The fraction of sp³-hybridized carbons (Fsp3) is 0. The quantitative estimate of drug-likeness (QED) is 0.430. The normalized spacial score (nSPS) is 0. The molecule has 0 aliphatic carbocycles. The van der Waals surface area contributed by atoms with Crippen LogP contribution in [0.4, 0.5) is 0 Å². The molecule has 0 aromatic heterocycles. The van der Waals surface area contributed by atoms with Gasteiger partial charge in [0.2, 0.25) is 0 Å². The first-order chi connectivity index (χ1) is 0. The van der Waals surface area contributed by atoms with Gasteiger partial charge < -0.3 is 5.48 Å². The molecule has 1 radical (unpaired) electrons. The van der Waals surface area contributed by atoms with Gasteiger partial charge in [0, 0.05) is 33.6 Å². The summed E-state index contributed by atoms with van der Waals surface area (Å²) in [5.74, 6) is 0. The number of hydrogen-bond acceptors (Lipinski definition) is 1. The van der Waals surface area contributed by atoms with E-state index in [0.29, 0.717) is 0 Å². The van der Waals surface area contributed by atoms with Crippen molar-refractivity contribution >= 4 is 23.1 Å². The molecule has 4 heavy (non-hydrogen) atoms. The van der Waals surface area contributed by atoms with Gasteiger partial charge in [-0.2, -0.15) is 0 Å². The third-order valence-corrected chi connectivity index (χ3v) is 0.